The van der Waals surface area contributed by atoms with Gasteiger partial charge in [-0.25, -0.2) is 8.42 Å². The molecule has 0 aromatic rings. The van der Waals surface area contributed by atoms with Crippen LogP contribution in [-0.2, 0) is 19.6 Å². The highest BCUT2D eigenvalue weighted by molar-refractivity contribution is 7.86. The minimum absolute atomic E-state index is 1.02. The van der Waals surface area contributed by atoms with E-state index in [0.29, 0.717) is 0 Å². The van der Waals surface area contributed by atoms with Crippen LogP contribution in [0.1, 0.15) is 20.8 Å². The van der Waals surface area contributed by atoms with Gasteiger partial charge in [-0.2, -0.15) is 13.2 Å². The Morgan fingerprint density at radius 3 is 1.94 bits per heavy atom. The molecule has 1 unspecified atom stereocenters. The Hall–Kier alpha value is -0.830. The molecular weight excluding hydrogens is 265 g/mol. The number of carbonyl (C=O) groups is 1. The van der Waals surface area contributed by atoms with Gasteiger partial charge in [-0.3, -0.25) is 4.79 Å². The van der Waals surface area contributed by atoms with E-state index < -0.39 is 39.5 Å². The maximum absolute atomic E-state index is 12.2. The fourth-order valence-electron chi connectivity index (χ4n) is 0.709. The quantitative estimate of drug-likeness (QED) is 0.568. The van der Waals surface area contributed by atoms with Crippen LogP contribution in [0.2, 0.25) is 0 Å². The molecular formula is C8H12F3O5S-. The molecule has 0 heterocycles. The zero-order valence-electron chi connectivity index (χ0n) is 9.37. The van der Waals surface area contributed by atoms with E-state index in [1.165, 1.54) is 20.8 Å². The minimum Gasteiger partial charge on any atom is -0.747 e. The van der Waals surface area contributed by atoms with Crippen molar-refractivity contribution in [2.45, 2.75) is 32.2 Å². The van der Waals surface area contributed by atoms with Crippen molar-refractivity contribution in [2.24, 2.45) is 5.41 Å². The molecule has 0 aliphatic heterocycles. The van der Waals surface area contributed by atoms with Gasteiger partial charge >= 0.3 is 12.1 Å². The van der Waals surface area contributed by atoms with Crippen LogP contribution in [-0.4, -0.2) is 37.0 Å². The summed E-state index contributed by atoms with van der Waals surface area (Å²) in [4.78, 5) is 11.1. The molecule has 17 heavy (non-hydrogen) atoms. The van der Waals surface area contributed by atoms with Crippen molar-refractivity contribution in [2.75, 3.05) is 6.61 Å². The molecule has 5 nitrogen and oxygen atoms in total. The van der Waals surface area contributed by atoms with Gasteiger partial charge < -0.3 is 9.29 Å². The smallest absolute Gasteiger partial charge is 0.407 e. The van der Waals surface area contributed by atoms with E-state index >= 15 is 0 Å². The molecule has 0 aliphatic carbocycles. The van der Waals surface area contributed by atoms with Gasteiger partial charge in [-0.1, -0.05) is 0 Å². The molecule has 102 valence electrons. The zero-order valence-corrected chi connectivity index (χ0v) is 10.2. The Morgan fingerprint density at radius 1 is 1.29 bits per heavy atom. The Bertz CT molecular complexity index is 379. The number of ether oxygens (including phenoxy) is 1. The van der Waals surface area contributed by atoms with E-state index in [1.807, 2.05) is 0 Å². The van der Waals surface area contributed by atoms with Crippen LogP contribution in [0.25, 0.3) is 0 Å². The summed E-state index contributed by atoms with van der Waals surface area (Å²) in [5.41, 5.74) is -1.08. The number of hydrogen-bond acceptors (Lipinski definition) is 5. The molecule has 0 aromatic carbocycles. The zero-order chi connectivity index (χ0) is 14.1. The van der Waals surface area contributed by atoms with Crippen molar-refractivity contribution in [1.82, 2.24) is 0 Å². The molecule has 0 aromatic heterocycles. The molecule has 0 radical (unpaired) electrons. The summed E-state index contributed by atoms with van der Waals surface area (Å²) in [5, 5.41) is -3.23. The molecule has 0 amide bonds. The van der Waals surface area contributed by atoms with Crippen LogP contribution in [0.4, 0.5) is 13.2 Å². The summed E-state index contributed by atoms with van der Waals surface area (Å²) in [6.07, 6.45) is -5.27. The highest BCUT2D eigenvalue weighted by Gasteiger charge is 2.45. The first-order valence-corrected chi connectivity index (χ1v) is 5.92. The highest BCUT2D eigenvalue weighted by atomic mass is 32.2. The standard InChI is InChI=1S/C8H13F3O5S/c1-7(2,3)6(12)16-4-5(8(9,10)11)17(13,14)15/h5H,4H2,1-3H3,(H,13,14,15)/p-1. The topological polar surface area (TPSA) is 83.5 Å². The van der Waals surface area contributed by atoms with Gasteiger partial charge in [-0.05, 0) is 20.8 Å². The third kappa shape index (κ3) is 5.35. The summed E-state index contributed by atoms with van der Waals surface area (Å²) in [5.74, 6) is -1.02. The maximum atomic E-state index is 12.2. The summed E-state index contributed by atoms with van der Waals surface area (Å²) >= 11 is 0. The number of esters is 1. The van der Waals surface area contributed by atoms with Crippen molar-refractivity contribution in [3.63, 3.8) is 0 Å². The lowest BCUT2D eigenvalue weighted by atomic mass is 9.97. The highest BCUT2D eigenvalue weighted by Crippen LogP contribution is 2.26. The lowest BCUT2D eigenvalue weighted by molar-refractivity contribution is -0.163. The Kier molecular flexibility index (Phi) is 4.57. The van der Waals surface area contributed by atoms with Crippen molar-refractivity contribution < 1.29 is 35.7 Å². The second-order valence-electron chi connectivity index (χ2n) is 4.37. The van der Waals surface area contributed by atoms with Gasteiger partial charge in [0, 0.05) is 0 Å². The normalized spacial score (nSPS) is 15.5. The number of rotatable bonds is 3. The van der Waals surface area contributed by atoms with E-state index in [-0.39, 0.29) is 0 Å². The third-order valence-corrected chi connectivity index (χ3v) is 2.79. The molecule has 1 atom stereocenters. The van der Waals surface area contributed by atoms with Gasteiger partial charge in [0.2, 0.25) is 0 Å². The summed E-state index contributed by atoms with van der Waals surface area (Å²) in [6, 6.07) is 0. The van der Waals surface area contributed by atoms with Gasteiger partial charge in [0.1, 0.15) is 16.7 Å². The molecule has 9 heteroatoms. The molecule has 0 fully saturated rings. The van der Waals surface area contributed by atoms with E-state index in [1.54, 1.807) is 0 Å². The van der Waals surface area contributed by atoms with Crippen molar-refractivity contribution in [3.05, 3.63) is 0 Å². The summed E-state index contributed by atoms with van der Waals surface area (Å²) in [6.45, 7) is 2.61. The first kappa shape index (κ1) is 16.2. The van der Waals surface area contributed by atoms with Crippen LogP contribution in [0, 0.1) is 5.41 Å². The van der Waals surface area contributed by atoms with Gasteiger partial charge in [0.05, 0.1) is 5.41 Å². The van der Waals surface area contributed by atoms with E-state index in [2.05, 4.69) is 4.74 Å². The van der Waals surface area contributed by atoms with Gasteiger partial charge in [0.25, 0.3) is 0 Å². The fraction of sp³-hybridized carbons (Fsp3) is 0.875. The number of carbonyl (C=O) groups excluding carboxylic acids is 1. The van der Waals surface area contributed by atoms with Crippen LogP contribution < -0.4 is 0 Å². The Balaban J connectivity index is 4.79. The monoisotopic (exact) mass is 277 g/mol. The summed E-state index contributed by atoms with van der Waals surface area (Å²) < 4.78 is 71.9. The number of alkyl halides is 3. The first-order chi connectivity index (χ1) is 7.26. The predicted octanol–water partition coefficient (Wildman–Crippen LogP) is 1.05. The molecule has 0 N–H and O–H groups in total. The average molecular weight is 277 g/mol. The SMILES string of the molecule is CC(C)(C)C(=O)OCC(C(F)(F)F)S(=O)(=O)[O-]. The van der Waals surface area contributed by atoms with Gasteiger partial charge in [0.15, 0.2) is 5.25 Å². The Morgan fingerprint density at radius 2 is 1.71 bits per heavy atom. The molecule has 0 aliphatic rings. The summed E-state index contributed by atoms with van der Waals surface area (Å²) in [7, 11) is -5.62. The number of hydrogen-bond donors (Lipinski definition) is 0. The van der Waals surface area contributed by atoms with E-state index in [0.717, 1.165) is 0 Å². The van der Waals surface area contributed by atoms with E-state index in [9.17, 15) is 30.9 Å². The molecule has 0 rings (SSSR count). The number of halogens is 3. The second-order valence-corrected chi connectivity index (χ2v) is 5.93. The minimum atomic E-state index is -5.62. The van der Waals surface area contributed by atoms with Crippen molar-refractivity contribution in [3.8, 4) is 0 Å². The van der Waals surface area contributed by atoms with Crippen LogP contribution >= 0.6 is 0 Å². The van der Waals surface area contributed by atoms with Crippen molar-refractivity contribution >= 4 is 16.1 Å². The molecule has 0 saturated carbocycles. The van der Waals surface area contributed by atoms with Crippen LogP contribution in [0.3, 0.4) is 0 Å². The van der Waals surface area contributed by atoms with Gasteiger partial charge in [-0.15, -0.1) is 0 Å². The third-order valence-electron chi connectivity index (χ3n) is 1.69. The fourth-order valence-corrected chi connectivity index (χ4v) is 1.27. The lowest BCUT2D eigenvalue weighted by Gasteiger charge is -2.24. The lowest BCUT2D eigenvalue weighted by Crippen LogP contribution is -2.41. The maximum Gasteiger partial charge on any atom is 0.407 e. The average Bonchev–Trinajstić information content (AvgIpc) is 1.96. The molecule has 0 bridgehead atoms. The van der Waals surface area contributed by atoms with Crippen molar-refractivity contribution in [1.29, 1.82) is 0 Å². The molecule has 0 spiro atoms. The molecule has 0 saturated heterocycles. The Labute approximate surface area is 96.7 Å². The first-order valence-electron chi connectivity index (χ1n) is 4.45. The van der Waals surface area contributed by atoms with Crippen LogP contribution in [0.5, 0.6) is 0 Å². The second kappa shape index (κ2) is 4.81. The van der Waals surface area contributed by atoms with Crippen LogP contribution in [0.15, 0.2) is 0 Å². The predicted molar refractivity (Wildman–Crippen MR) is 50.0 cm³/mol. The van der Waals surface area contributed by atoms with E-state index in [4.69, 9.17) is 0 Å². The largest absolute Gasteiger partial charge is 0.747 e.